The molecule has 0 saturated heterocycles. The van der Waals surface area contributed by atoms with Crippen LogP contribution in [-0.2, 0) is 6.42 Å². The second-order valence-electron chi connectivity index (χ2n) is 2.37. The van der Waals surface area contributed by atoms with E-state index >= 15 is 0 Å². The van der Waals surface area contributed by atoms with Gasteiger partial charge in [-0.05, 0) is 12.8 Å². The van der Waals surface area contributed by atoms with Crippen molar-refractivity contribution >= 4 is 5.82 Å². The summed E-state index contributed by atoms with van der Waals surface area (Å²) in [5.74, 6) is 0.959. The van der Waals surface area contributed by atoms with Crippen molar-refractivity contribution in [3.05, 3.63) is 18.1 Å². The molecule has 10 heavy (non-hydrogen) atoms. The maximum absolute atomic E-state index is 3.97. The maximum Gasteiger partial charge on any atom is 0.199 e. The smallest absolute Gasteiger partial charge is 0.199 e. The molecule has 2 rings (SSSR count). The third-order valence-corrected chi connectivity index (χ3v) is 1.66. The summed E-state index contributed by atoms with van der Waals surface area (Å²) in [7, 11) is 0. The predicted octanol–water partition coefficient (Wildman–Crippen LogP) is 0.635. The fraction of sp³-hybridized carbons (Fsp3) is 0.429. The molecule has 2 heterocycles. The molecule has 0 atom stereocenters. The summed E-state index contributed by atoms with van der Waals surface area (Å²) in [4.78, 5) is 7.79. The van der Waals surface area contributed by atoms with Gasteiger partial charge in [0.1, 0.15) is 5.82 Å². The van der Waals surface area contributed by atoms with E-state index in [1.807, 2.05) is 6.20 Å². The van der Waals surface area contributed by atoms with E-state index < -0.39 is 0 Å². The minimum absolute atomic E-state index is 0.959. The van der Waals surface area contributed by atoms with Crippen molar-refractivity contribution in [3.8, 4) is 0 Å². The van der Waals surface area contributed by atoms with Crippen molar-refractivity contribution in [2.75, 3.05) is 11.9 Å². The fourth-order valence-electron chi connectivity index (χ4n) is 1.14. The third-order valence-electron chi connectivity index (χ3n) is 1.66. The normalized spacial score (nSPS) is 15.6. The van der Waals surface area contributed by atoms with Crippen LogP contribution in [0.25, 0.3) is 0 Å². The Kier molecular flexibility index (Phi) is 1.27. The van der Waals surface area contributed by atoms with Crippen LogP contribution in [0.5, 0.6) is 0 Å². The van der Waals surface area contributed by atoms with Gasteiger partial charge in [-0.1, -0.05) is 0 Å². The zero-order valence-corrected chi connectivity index (χ0v) is 5.59. The van der Waals surface area contributed by atoms with Crippen LogP contribution in [0, 0.1) is 6.33 Å². The minimum atomic E-state index is 0.959. The summed E-state index contributed by atoms with van der Waals surface area (Å²) in [6.45, 7) is 1.03. The number of nitrogens with zero attached hydrogens (tertiary/aromatic N) is 2. The van der Waals surface area contributed by atoms with E-state index in [2.05, 4.69) is 21.6 Å². The highest BCUT2D eigenvalue weighted by atomic mass is 15.0. The lowest BCUT2D eigenvalue weighted by Crippen LogP contribution is -2.13. The zero-order valence-electron chi connectivity index (χ0n) is 5.59. The van der Waals surface area contributed by atoms with E-state index in [9.17, 15) is 0 Å². The van der Waals surface area contributed by atoms with Crippen molar-refractivity contribution in [1.29, 1.82) is 0 Å². The molecule has 1 aromatic rings. The van der Waals surface area contributed by atoms with Gasteiger partial charge in [0.2, 0.25) is 0 Å². The lowest BCUT2D eigenvalue weighted by atomic mass is 10.1. The molecule has 1 aliphatic heterocycles. The van der Waals surface area contributed by atoms with Crippen molar-refractivity contribution in [1.82, 2.24) is 9.97 Å². The first-order valence-corrected chi connectivity index (χ1v) is 3.42. The van der Waals surface area contributed by atoms with Gasteiger partial charge >= 0.3 is 0 Å². The monoisotopic (exact) mass is 134 g/mol. The molecule has 1 aromatic heterocycles. The van der Waals surface area contributed by atoms with Crippen LogP contribution in [-0.4, -0.2) is 16.5 Å². The van der Waals surface area contributed by atoms with Crippen LogP contribution in [0.2, 0.25) is 0 Å². The quantitative estimate of drug-likeness (QED) is 0.565. The van der Waals surface area contributed by atoms with Crippen LogP contribution >= 0.6 is 0 Å². The predicted molar refractivity (Wildman–Crippen MR) is 37.7 cm³/mol. The Balaban J connectivity index is 2.41. The lowest BCUT2D eigenvalue weighted by Gasteiger charge is -2.14. The number of nitrogens with one attached hydrogen (secondary N) is 1. The molecule has 1 radical (unpaired) electrons. The fourth-order valence-corrected chi connectivity index (χ4v) is 1.14. The van der Waals surface area contributed by atoms with E-state index in [1.165, 1.54) is 12.0 Å². The molecular formula is C7H8N3. The highest BCUT2D eigenvalue weighted by Gasteiger charge is 2.07. The van der Waals surface area contributed by atoms with E-state index in [1.54, 1.807) is 0 Å². The number of aryl methyl sites for hydroxylation is 1. The average molecular weight is 134 g/mol. The van der Waals surface area contributed by atoms with E-state index in [0.29, 0.717) is 0 Å². The number of rotatable bonds is 0. The SMILES string of the molecule is [c]1ncc2c(n1)NCCC2. The summed E-state index contributed by atoms with van der Waals surface area (Å²) >= 11 is 0. The van der Waals surface area contributed by atoms with Crippen LogP contribution in [0.1, 0.15) is 12.0 Å². The number of aromatic nitrogens is 2. The first-order chi connectivity index (χ1) is 4.97. The maximum atomic E-state index is 3.97. The van der Waals surface area contributed by atoms with E-state index in [-0.39, 0.29) is 0 Å². The van der Waals surface area contributed by atoms with Crippen molar-refractivity contribution in [2.45, 2.75) is 12.8 Å². The molecule has 0 fully saturated rings. The number of fused-ring (bicyclic) bond motifs is 1. The topological polar surface area (TPSA) is 37.8 Å². The Morgan fingerprint density at radius 3 is 3.50 bits per heavy atom. The van der Waals surface area contributed by atoms with Crippen molar-refractivity contribution in [3.63, 3.8) is 0 Å². The van der Waals surface area contributed by atoms with Gasteiger partial charge in [0.15, 0.2) is 6.33 Å². The summed E-state index contributed by atoms with van der Waals surface area (Å²) in [5.41, 5.74) is 1.21. The molecule has 1 N–H and O–H groups in total. The number of anilines is 1. The molecule has 0 unspecified atom stereocenters. The molecule has 0 aliphatic carbocycles. The third kappa shape index (κ3) is 0.835. The lowest BCUT2D eigenvalue weighted by molar-refractivity contribution is 0.807. The molecule has 0 spiro atoms. The van der Waals surface area contributed by atoms with E-state index in [4.69, 9.17) is 0 Å². The summed E-state index contributed by atoms with van der Waals surface area (Å²) in [5, 5.41) is 3.18. The van der Waals surface area contributed by atoms with Crippen LogP contribution in [0.15, 0.2) is 6.20 Å². The van der Waals surface area contributed by atoms with Gasteiger partial charge in [0.25, 0.3) is 0 Å². The number of hydrogen-bond donors (Lipinski definition) is 1. The van der Waals surface area contributed by atoms with Gasteiger partial charge in [-0.3, -0.25) is 0 Å². The Bertz CT molecular complexity index is 209. The van der Waals surface area contributed by atoms with E-state index in [0.717, 1.165) is 18.8 Å². The van der Waals surface area contributed by atoms with Gasteiger partial charge < -0.3 is 5.32 Å². The standard InChI is InChI=1S/C7H8N3/c1-2-6-4-8-5-10-7(6)9-3-1/h4H,1-3H2,(H,8,9,10). The summed E-state index contributed by atoms with van der Waals surface area (Å²) in [6, 6.07) is 0. The zero-order chi connectivity index (χ0) is 6.81. The largest absolute Gasteiger partial charge is 0.370 e. The minimum Gasteiger partial charge on any atom is -0.370 e. The first-order valence-electron chi connectivity index (χ1n) is 3.42. The van der Waals surface area contributed by atoms with Gasteiger partial charge in [0, 0.05) is 18.3 Å². The highest BCUT2D eigenvalue weighted by molar-refractivity contribution is 5.43. The Morgan fingerprint density at radius 2 is 2.60 bits per heavy atom. The molecule has 0 saturated carbocycles. The number of hydrogen-bond acceptors (Lipinski definition) is 3. The van der Waals surface area contributed by atoms with Gasteiger partial charge in [-0.2, -0.15) is 0 Å². The van der Waals surface area contributed by atoms with Crippen LogP contribution < -0.4 is 5.32 Å². The second kappa shape index (κ2) is 2.25. The molecule has 3 nitrogen and oxygen atoms in total. The second-order valence-corrected chi connectivity index (χ2v) is 2.37. The molecule has 3 heteroatoms. The highest BCUT2D eigenvalue weighted by Crippen LogP contribution is 2.15. The average Bonchev–Trinajstić information content (AvgIpc) is 2.05. The van der Waals surface area contributed by atoms with Gasteiger partial charge in [-0.25, -0.2) is 9.97 Å². The Labute approximate surface area is 59.5 Å². The Hall–Kier alpha value is -1.12. The first kappa shape index (κ1) is 5.65. The molecule has 0 bridgehead atoms. The summed E-state index contributed by atoms with van der Waals surface area (Å²) in [6.07, 6.45) is 6.66. The van der Waals surface area contributed by atoms with Gasteiger partial charge in [-0.15, -0.1) is 0 Å². The van der Waals surface area contributed by atoms with Crippen LogP contribution in [0.4, 0.5) is 5.82 Å². The van der Waals surface area contributed by atoms with Crippen LogP contribution in [0.3, 0.4) is 0 Å². The van der Waals surface area contributed by atoms with Gasteiger partial charge in [0.05, 0.1) is 0 Å². The molecule has 51 valence electrons. The summed E-state index contributed by atoms with van der Waals surface area (Å²) < 4.78 is 0. The molecule has 0 aromatic carbocycles. The molecule has 0 amide bonds. The van der Waals surface area contributed by atoms with Crippen molar-refractivity contribution < 1.29 is 0 Å². The molecular weight excluding hydrogens is 126 g/mol. The Morgan fingerprint density at radius 1 is 1.60 bits per heavy atom. The molecule has 1 aliphatic rings. The van der Waals surface area contributed by atoms with Crippen molar-refractivity contribution in [2.24, 2.45) is 0 Å².